The van der Waals surface area contributed by atoms with Crippen LogP contribution in [0.2, 0.25) is 0 Å². The molecule has 0 aliphatic heterocycles. The normalized spacial score (nSPS) is 25.6. The maximum atomic E-state index is 12.0. The summed E-state index contributed by atoms with van der Waals surface area (Å²) in [6, 6.07) is -0.182. The van der Waals surface area contributed by atoms with E-state index in [1.807, 2.05) is 6.92 Å². The predicted molar refractivity (Wildman–Crippen MR) is 78.7 cm³/mol. The Morgan fingerprint density at radius 2 is 2.00 bits per heavy atom. The second kappa shape index (κ2) is 7.50. The Balaban J connectivity index is 2.51. The monoisotopic (exact) mass is 284 g/mol. The van der Waals surface area contributed by atoms with Crippen molar-refractivity contribution in [2.75, 3.05) is 0 Å². The molecule has 1 aliphatic rings. The van der Waals surface area contributed by atoms with Gasteiger partial charge in [0.25, 0.3) is 0 Å². The summed E-state index contributed by atoms with van der Waals surface area (Å²) in [5, 5.41) is 14.8. The van der Waals surface area contributed by atoms with Crippen LogP contribution in [0.25, 0.3) is 0 Å². The minimum atomic E-state index is -1.18. The average Bonchev–Trinajstić information content (AvgIpc) is 2.38. The van der Waals surface area contributed by atoms with Crippen molar-refractivity contribution in [1.29, 1.82) is 0 Å². The minimum Gasteiger partial charge on any atom is -0.480 e. The van der Waals surface area contributed by atoms with Gasteiger partial charge in [0.1, 0.15) is 5.54 Å². The Kier molecular flexibility index (Phi) is 6.30. The summed E-state index contributed by atoms with van der Waals surface area (Å²) in [6.45, 7) is 5.65. The van der Waals surface area contributed by atoms with E-state index in [0.717, 1.165) is 25.7 Å². The van der Waals surface area contributed by atoms with Gasteiger partial charge in [-0.25, -0.2) is 9.59 Å². The van der Waals surface area contributed by atoms with Crippen LogP contribution in [0, 0.1) is 5.92 Å². The van der Waals surface area contributed by atoms with Crippen molar-refractivity contribution in [1.82, 2.24) is 10.6 Å². The summed E-state index contributed by atoms with van der Waals surface area (Å²) in [5.41, 5.74) is -1.18. The molecule has 20 heavy (non-hydrogen) atoms. The van der Waals surface area contributed by atoms with Crippen molar-refractivity contribution in [3.63, 3.8) is 0 Å². The number of carbonyl (C=O) groups excluding carboxylic acids is 1. The number of rotatable bonds is 6. The summed E-state index contributed by atoms with van der Waals surface area (Å²) < 4.78 is 0. The van der Waals surface area contributed by atoms with E-state index in [1.54, 1.807) is 6.92 Å². The van der Waals surface area contributed by atoms with Crippen LogP contribution in [0.15, 0.2) is 0 Å². The molecule has 0 saturated heterocycles. The number of carbonyl (C=O) groups is 2. The molecule has 1 aliphatic carbocycles. The van der Waals surface area contributed by atoms with E-state index in [-0.39, 0.29) is 12.1 Å². The first-order valence-corrected chi connectivity index (χ1v) is 7.73. The Hall–Kier alpha value is -1.26. The molecule has 0 heterocycles. The van der Waals surface area contributed by atoms with E-state index in [2.05, 4.69) is 17.6 Å². The van der Waals surface area contributed by atoms with Gasteiger partial charge in [0, 0.05) is 6.04 Å². The van der Waals surface area contributed by atoms with Gasteiger partial charge in [-0.1, -0.05) is 39.5 Å². The zero-order chi connectivity index (χ0) is 15.2. The Labute approximate surface area is 121 Å². The van der Waals surface area contributed by atoms with Crippen molar-refractivity contribution in [3.8, 4) is 0 Å². The summed E-state index contributed by atoms with van der Waals surface area (Å²) in [6.07, 6.45) is 6.64. The number of aliphatic carboxylic acids is 1. The Morgan fingerprint density at radius 3 is 2.55 bits per heavy atom. The highest BCUT2D eigenvalue weighted by molar-refractivity contribution is 5.85. The molecule has 1 saturated carbocycles. The summed E-state index contributed by atoms with van der Waals surface area (Å²) in [4.78, 5) is 23.3. The quantitative estimate of drug-likeness (QED) is 0.701. The highest BCUT2D eigenvalue weighted by Crippen LogP contribution is 2.26. The molecule has 5 heteroatoms. The van der Waals surface area contributed by atoms with Crippen LogP contribution in [0.4, 0.5) is 4.79 Å². The lowest BCUT2D eigenvalue weighted by molar-refractivity contribution is -0.144. The van der Waals surface area contributed by atoms with Gasteiger partial charge in [-0.05, 0) is 32.1 Å². The molecule has 3 atom stereocenters. The fourth-order valence-corrected chi connectivity index (χ4v) is 2.99. The fourth-order valence-electron chi connectivity index (χ4n) is 2.99. The molecule has 0 bridgehead atoms. The SMILES string of the molecule is CCCC(C)(NC(=O)NC1CCCC(CC)C1)C(=O)O. The van der Waals surface area contributed by atoms with Crippen LogP contribution >= 0.6 is 0 Å². The molecule has 3 N–H and O–H groups in total. The highest BCUT2D eigenvalue weighted by atomic mass is 16.4. The predicted octanol–water partition coefficient (Wildman–Crippen LogP) is 2.90. The van der Waals surface area contributed by atoms with E-state index in [0.29, 0.717) is 18.8 Å². The third kappa shape index (κ3) is 4.69. The van der Waals surface area contributed by atoms with Gasteiger partial charge in [-0.15, -0.1) is 0 Å². The number of carboxylic acid groups (broad SMARTS) is 1. The molecular formula is C15H28N2O3. The maximum Gasteiger partial charge on any atom is 0.329 e. The maximum absolute atomic E-state index is 12.0. The molecule has 0 aromatic carbocycles. The first-order chi connectivity index (χ1) is 9.41. The van der Waals surface area contributed by atoms with E-state index in [1.165, 1.54) is 6.42 Å². The van der Waals surface area contributed by atoms with Gasteiger partial charge in [-0.2, -0.15) is 0 Å². The van der Waals surface area contributed by atoms with Crippen molar-refractivity contribution in [3.05, 3.63) is 0 Å². The van der Waals surface area contributed by atoms with E-state index in [4.69, 9.17) is 0 Å². The van der Waals surface area contributed by atoms with Crippen LogP contribution in [0.1, 0.15) is 65.7 Å². The summed E-state index contributed by atoms with van der Waals surface area (Å²) in [7, 11) is 0. The van der Waals surface area contributed by atoms with Crippen LogP contribution in [0.3, 0.4) is 0 Å². The zero-order valence-electron chi connectivity index (χ0n) is 12.9. The number of urea groups is 1. The third-order valence-electron chi connectivity index (χ3n) is 4.31. The smallest absolute Gasteiger partial charge is 0.329 e. The first-order valence-electron chi connectivity index (χ1n) is 7.73. The van der Waals surface area contributed by atoms with Crippen LogP contribution < -0.4 is 10.6 Å². The van der Waals surface area contributed by atoms with Crippen LogP contribution in [-0.4, -0.2) is 28.7 Å². The van der Waals surface area contributed by atoms with Gasteiger partial charge in [0.05, 0.1) is 0 Å². The largest absolute Gasteiger partial charge is 0.480 e. The lowest BCUT2D eigenvalue weighted by atomic mass is 9.84. The lowest BCUT2D eigenvalue weighted by Crippen LogP contribution is -2.56. The van der Waals surface area contributed by atoms with Crippen molar-refractivity contribution in [2.45, 2.75) is 77.3 Å². The molecule has 0 aromatic rings. The van der Waals surface area contributed by atoms with Crippen LogP contribution in [0.5, 0.6) is 0 Å². The van der Waals surface area contributed by atoms with Gasteiger partial charge in [-0.3, -0.25) is 0 Å². The Bertz CT molecular complexity index is 346. The fraction of sp³-hybridized carbons (Fsp3) is 0.867. The standard InChI is InChI=1S/C15H28N2O3/c1-4-9-15(3,13(18)19)17-14(20)16-12-8-6-7-11(5-2)10-12/h11-12H,4-10H2,1-3H3,(H,18,19)(H2,16,17,20). The lowest BCUT2D eigenvalue weighted by Gasteiger charge is -2.31. The molecule has 1 rings (SSSR count). The first kappa shape index (κ1) is 16.8. The second-order valence-corrected chi connectivity index (χ2v) is 6.12. The molecule has 2 amide bonds. The topological polar surface area (TPSA) is 78.4 Å². The molecular weight excluding hydrogens is 256 g/mol. The van der Waals surface area contributed by atoms with E-state index < -0.39 is 11.5 Å². The van der Waals surface area contributed by atoms with E-state index >= 15 is 0 Å². The summed E-state index contributed by atoms with van der Waals surface area (Å²) in [5.74, 6) is -0.305. The third-order valence-corrected chi connectivity index (χ3v) is 4.31. The van der Waals surface area contributed by atoms with Crippen LogP contribution in [-0.2, 0) is 4.79 Å². The highest BCUT2D eigenvalue weighted by Gasteiger charge is 2.34. The number of hydrogen-bond acceptors (Lipinski definition) is 2. The number of amides is 2. The van der Waals surface area contributed by atoms with Crippen molar-refractivity contribution in [2.24, 2.45) is 5.92 Å². The molecule has 5 nitrogen and oxygen atoms in total. The zero-order valence-corrected chi connectivity index (χ0v) is 12.9. The molecule has 116 valence electrons. The molecule has 0 radical (unpaired) electrons. The molecule has 1 fully saturated rings. The van der Waals surface area contributed by atoms with Gasteiger partial charge in [0.2, 0.25) is 0 Å². The molecule has 0 aromatic heterocycles. The van der Waals surface area contributed by atoms with Crippen molar-refractivity contribution < 1.29 is 14.7 Å². The van der Waals surface area contributed by atoms with Crippen molar-refractivity contribution >= 4 is 12.0 Å². The summed E-state index contributed by atoms with van der Waals surface area (Å²) >= 11 is 0. The van der Waals surface area contributed by atoms with Gasteiger partial charge in [0.15, 0.2) is 0 Å². The van der Waals surface area contributed by atoms with E-state index in [9.17, 15) is 14.7 Å². The number of nitrogens with one attached hydrogen (secondary N) is 2. The van der Waals surface area contributed by atoms with Gasteiger partial charge >= 0.3 is 12.0 Å². The minimum absolute atomic E-state index is 0.174. The molecule has 3 unspecified atom stereocenters. The number of hydrogen-bond donors (Lipinski definition) is 3. The Morgan fingerprint density at radius 1 is 1.30 bits per heavy atom. The second-order valence-electron chi connectivity index (χ2n) is 6.12. The number of carboxylic acids is 1. The molecule has 0 spiro atoms. The average molecular weight is 284 g/mol. The van der Waals surface area contributed by atoms with Gasteiger partial charge < -0.3 is 15.7 Å².